The molecule has 0 aromatic rings. The highest BCUT2D eigenvalue weighted by Crippen LogP contribution is 2.15. The van der Waals surface area contributed by atoms with E-state index >= 15 is 0 Å². The zero-order valence-corrected chi connectivity index (χ0v) is 6.77. The molecule has 0 bridgehead atoms. The minimum Gasteiger partial charge on any atom is -0.317 e. The molecule has 0 radical (unpaired) electrons. The summed E-state index contributed by atoms with van der Waals surface area (Å²) in [4.78, 5) is 0. The third-order valence-corrected chi connectivity index (χ3v) is 2.16. The molecule has 1 heterocycles. The third kappa shape index (κ3) is 2.53. The molecule has 0 aliphatic carbocycles. The molecule has 0 unspecified atom stereocenters. The van der Waals surface area contributed by atoms with Crippen molar-refractivity contribution in [3.63, 3.8) is 0 Å². The zero-order valence-electron chi connectivity index (χ0n) is 6.77. The predicted octanol–water partition coefficient (Wildman–Crippen LogP) is 1.95. The Bertz CT molecular complexity index is 101. The van der Waals surface area contributed by atoms with E-state index in [2.05, 4.69) is 24.4 Å². The molecule has 58 valence electrons. The summed E-state index contributed by atoms with van der Waals surface area (Å²) >= 11 is 0. The van der Waals surface area contributed by atoms with Gasteiger partial charge in [-0.15, -0.1) is 0 Å². The van der Waals surface area contributed by atoms with E-state index < -0.39 is 0 Å². The van der Waals surface area contributed by atoms with Crippen LogP contribution in [0.1, 0.15) is 26.2 Å². The van der Waals surface area contributed by atoms with Crippen LogP contribution in [-0.4, -0.2) is 13.1 Å². The largest absolute Gasteiger partial charge is 0.317 e. The summed E-state index contributed by atoms with van der Waals surface area (Å²) in [6.07, 6.45) is 8.46. The molecule has 0 aromatic carbocycles. The number of hydrogen-bond acceptors (Lipinski definition) is 1. The fourth-order valence-electron chi connectivity index (χ4n) is 1.45. The third-order valence-electron chi connectivity index (χ3n) is 2.16. The van der Waals surface area contributed by atoms with Crippen molar-refractivity contribution in [2.24, 2.45) is 5.92 Å². The van der Waals surface area contributed by atoms with E-state index in [1.54, 1.807) is 0 Å². The summed E-state index contributed by atoms with van der Waals surface area (Å²) in [7, 11) is 0. The highest BCUT2D eigenvalue weighted by atomic mass is 14.9. The Kier molecular flexibility index (Phi) is 3.52. The lowest BCUT2D eigenvalue weighted by Gasteiger charge is -2.20. The summed E-state index contributed by atoms with van der Waals surface area (Å²) in [5, 5.41) is 3.37. The minimum atomic E-state index is 0.956. The first kappa shape index (κ1) is 7.80. The first-order valence-corrected chi connectivity index (χ1v) is 4.25. The van der Waals surface area contributed by atoms with Crippen molar-refractivity contribution in [2.45, 2.75) is 26.2 Å². The fourth-order valence-corrected chi connectivity index (χ4v) is 1.45. The molecule has 0 saturated carbocycles. The molecular weight excluding hydrogens is 122 g/mol. The summed E-state index contributed by atoms with van der Waals surface area (Å²) in [6.45, 7) is 4.55. The van der Waals surface area contributed by atoms with Gasteiger partial charge in [-0.3, -0.25) is 0 Å². The average Bonchev–Trinajstić information content (AvgIpc) is 2.03. The smallest absolute Gasteiger partial charge is 0.00462 e. The Labute approximate surface area is 63.5 Å². The van der Waals surface area contributed by atoms with Gasteiger partial charge < -0.3 is 5.32 Å². The van der Waals surface area contributed by atoms with Crippen LogP contribution in [0, 0.1) is 5.92 Å². The van der Waals surface area contributed by atoms with Crippen LogP contribution in [0.3, 0.4) is 0 Å². The van der Waals surface area contributed by atoms with E-state index in [0.717, 1.165) is 5.92 Å². The second kappa shape index (κ2) is 4.51. The van der Waals surface area contributed by atoms with Gasteiger partial charge in [-0.25, -0.2) is 0 Å². The normalized spacial score (nSPS) is 22.1. The van der Waals surface area contributed by atoms with Gasteiger partial charge in [0.25, 0.3) is 0 Å². The summed E-state index contributed by atoms with van der Waals surface area (Å²) in [5.74, 6) is 0.956. The van der Waals surface area contributed by atoms with Gasteiger partial charge in [-0.05, 0) is 45.2 Å². The van der Waals surface area contributed by atoms with Gasteiger partial charge in [0, 0.05) is 0 Å². The molecule has 0 amide bonds. The SMILES string of the molecule is C/C=C\CC1CCNCC1. The Morgan fingerprint density at radius 3 is 2.70 bits per heavy atom. The van der Waals surface area contributed by atoms with Crippen molar-refractivity contribution < 1.29 is 0 Å². The first-order valence-electron chi connectivity index (χ1n) is 4.25. The van der Waals surface area contributed by atoms with Crippen molar-refractivity contribution in [2.75, 3.05) is 13.1 Å². The van der Waals surface area contributed by atoms with E-state index in [1.165, 1.54) is 32.4 Å². The molecule has 0 spiro atoms. The quantitative estimate of drug-likeness (QED) is 0.577. The minimum absolute atomic E-state index is 0.956. The Morgan fingerprint density at radius 2 is 2.10 bits per heavy atom. The standard InChI is InChI=1S/C9H17N/c1-2-3-4-9-5-7-10-8-6-9/h2-3,9-10H,4-8H2,1H3/b3-2-. The molecule has 1 heteroatoms. The van der Waals surface area contributed by atoms with Gasteiger partial charge >= 0.3 is 0 Å². The maximum Gasteiger partial charge on any atom is -0.00462 e. The van der Waals surface area contributed by atoms with Crippen LogP contribution in [0.2, 0.25) is 0 Å². The summed E-state index contributed by atoms with van der Waals surface area (Å²) in [6, 6.07) is 0. The zero-order chi connectivity index (χ0) is 7.23. The topological polar surface area (TPSA) is 12.0 Å². The fraction of sp³-hybridized carbons (Fsp3) is 0.778. The van der Waals surface area contributed by atoms with Gasteiger partial charge in [-0.1, -0.05) is 12.2 Å². The molecule has 1 N–H and O–H groups in total. The van der Waals surface area contributed by atoms with Crippen LogP contribution in [0.25, 0.3) is 0 Å². The van der Waals surface area contributed by atoms with Crippen LogP contribution in [0.5, 0.6) is 0 Å². The van der Waals surface area contributed by atoms with E-state index in [-0.39, 0.29) is 0 Å². The summed E-state index contributed by atoms with van der Waals surface area (Å²) < 4.78 is 0. The molecule has 1 saturated heterocycles. The number of hydrogen-bond donors (Lipinski definition) is 1. The Morgan fingerprint density at radius 1 is 1.40 bits per heavy atom. The molecule has 10 heavy (non-hydrogen) atoms. The van der Waals surface area contributed by atoms with Crippen molar-refractivity contribution in [3.05, 3.63) is 12.2 Å². The van der Waals surface area contributed by atoms with Gasteiger partial charge in [0.15, 0.2) is 0 Å². The maximum absolute atomic E-state index is 3.37. The van der Waals surface area contributed by atoms with Gasteiger partial charge in [-0.2, -0.15) is 0 Å². The van der Waals surface area contributed by atoms with Crippen molar-refractivity contribution in [1.29, 1.82) is 0 Å². The van der Waals surface area contributed by atoms with Crippen molar-refractivity contribution >= 4 is 0 Å². The van der Waals surface area contributed by atoms with Crippen LogP contribution >= 0.6 is 0 Å². The van der Waals surface area contributed by atoms with E-state index in [0.29, 0.717) is 0 Å². The highest BCUT2D eigenvalue weighted by molar-refractivity contribution is 4.82. The number of nitrogens with one attached hydrogen (secondary N) is 1. The molecule has 0 aromatic heterocycles. The lowest BCUT2D eigenvalue weighted by Crippen LogP contribution is -2.27. The highest BCUT2D eigenvalue weighted by Gasteiger charge is 2.09. The van der Waals surface area contributed by atoms with Gasteiger partial charge in [0.1, 0.15) is 0 Å². The molecule has 1 rings (SSSR count). The molecule has 1 aliphatic rings. The second-order valence-electron chi connectivity index (χ2n) is 3.00. The number of rotatable bonds is 2. The molecular formula is C9H17N. The van der Waals surface area contributed by atoms with Crippen LogP contribution in [-0.2, 0) is 0 Å². The maximum atomic E-state index is 3.37. The molecule has 1 fully saturated rings. The van der Waals surface area contributed by atoms with Gasteiger partial charge in [0.2, 0.25) is 0 Å². The van der Waals surface area contributed by atoms with Gasteiger partial charge in [0.05, 0.1) is 0 Å². The average molecular weight is 139 g/mol. The number of piperidine rings is 1. The van der Waals surface area contributed by atoms with E-state index in [4.69, 9.17) is 0 Å². The second-order valence-corrected chi connectivity index (χ2v) is 3.00. The molecule has 1 nitrogen and oxygen atoms in total. The lowest BCUT2D eigenvalue weighted by atomic mass is 9.95. The van der Waals surface area contributed by atoms with E-state index in [1.807, 2.05) is 0 Å². The monoisotopic (exact) mass is 139 g/mol. The Balaban J connectivity index is 2.13. The lowest BCUT2D eigenvalue weighted by molar-refractivity contribution is 0.377. The Hall–Kier alpha value is -0.300. The first-order chi connectivity index (χ1) is 4.93. The molecule has 0 atom stereocenters. The summed E-state index contributed by atoms with van der Waals surface area (Å²) in [5.41, 5.74) is 0. The van der Waals surface area contributed by atoms with Crippen molar-refractivity contribution in [3.8, 4) is 0 Å². The van der Waals surface area contributed by atoms with E-state index in [9.17, 15) is 0 Å². The molecule has 1 aliphatic heterocycles. The number of allylic oxidation sites excluding steroid dienone is 2. The predicted molar refractivity (Wildman–Crippen MR) is 45.0 cm³/mol. The van der Waals surface area contributed by atoms with Crippen molar-refractivity contribution in [1.82, 2.24) is 5.32 Å². The van der Waals surface area contributed by atoms with Crippen LogP contribution in [0.15, 0.2) is 12.2 Å². The van der Waals surface area contributed by atoms with Crippen LogP contribution < -0.4 is 5.32 Å². The van der Waals surface area contributed by atoms with Crippen LogP contribution in [0.4, 0.5) is 0 Å².